The number of benzene rings is 3. The first-order valence-electron chi connectivity index (χ1n) is 8.73. The lowest BCUT2D eigenvalue weighted by Gasteiger charge is -2.08. The van der Waals surface area contributed by atoms with Crippen LogP contribution in [0.2, 0.25) is 0 Å². The van der Waals surface area contributed by atoms with E-state index in [9.17, 15) is 9.18 Å². The molecule has 144 valence electrons. The monoisotopic (exact) mass is 451 g/mol. The number of anilines is 2. The van der Waals surface area contributed by atoms with Gasteiger partial charge in [0.1, 0.15) is 17.8 Å². The fourth-order valence-corrected chi connectivity index (χ4v) is 3.13. The maximum atomic E-state index is 13.6. The molecule has 4 rings (SSSR count). The number of nitrogens with one attached hydrogen (secondary N) is 2. The van der Waals surface area contributed by atoms with Gasteiger partial charge in [-0.2, -0.15) is 0 Å². The van der Waals surface area contributed by atoms with E-state index >= 15 is 0 Å². The molecule has 0 aliphatic rings. The van der Waals surface area contributed by atoms with Crippen molar-refractivity contribution in [3.8, 4) is 22.7 Å². The van der Waals surface area contributed by atoms with Crippen molar-refractivity contribution in [2.24, 2.45) is 0 Å². The molecule has 0 aliphatic heterocycles. The van der Waals surface area contributed by atoms with Crippen LogP contribution < -0.4 is 10.6 Å². The molecule has 0 fully saturated rings. The average Bonchev–Trinajstić information content (AvgIpc) is 3.21. The Labute approximate surface area is 174 Å². The van der Waals surface area contributed by atoms with Gasteiger partial charge in [-0.1, -0.05) is 40.2 Å². The summed E-state index contributed by atoms with van der Waals surface area (Å²) in [5, 5.41) is 5.13. The van der Waals surface area contributed by atoms with Gasteiger partial charge in [0.25, 0.3) is 0 Å². The van der Waals surface area contributed by atoms with Crippen LogP contribution in [0.15, 0.2) is 87.9 Å². The summed E-state index contributed by atoms with van der Waals surface area (Å²) < 4.78 is 20.2. The highest BCUT2D eigenvalue weighted by molar-refractivity contribution is 9.10. The zero-order valence-corrected chi connectivity index (χ0v) is 16.6. The van der Waals surface area contributed by atoms with Crippen LogP contribution >= 0.6 is 15.9 Å². The molecule has 0 saturated carbocycles. The van der Waals surface area contributed by atoms with E-state index in [-0.39, 0.29) is 5.69 Å². The standard InChI is InChI=1S/C22H15BrFN3O2/c23-16-5-3-4-15(12-16)20-13-29-21(26-20)14-8-10-17(11-9-14)25-22(28)27-19-7-2-1-6-18(19)24/h1-13H,(H2,25,27,28). The molecular formula is C22H15BrFN3O2. The van der Waals surface area contributed by atoms with Crippen LogP contribution in [0, 0.1) is 5.82 Å². The van der Waals surface area contributed by atoms with Crippen molar-refractivity contribution in [2.75, 3.05) is 10.6 Å². The third-order valence-corrected chi connectivity index (χ3v) is 4.63. The third kappa shape index (κ3) is 4.52. The molecule has 0 aliphatic carbocycles. The van der Waals surface area contributed by atoms with Gasteiger partial charge in [0, 0.05) is 21.3 Å². The number of oxazole rings is 1. The summed E-state index contributed by atoms with van der Waals surface area (Å²) in [6.07, 6.45) is 1.60. The molecule has 29 heavy (non-hydrogen) atoms. The minimum absolute atomic E-state index is 0.112. The summed E-state index contributed by atoms with van der Waals surface area (Å²) in [6, 6.07) is 20.2. The molecule has 1 heterocycles. The van der Waals surface area contributed by atoms with Crippen molar-refractivity contribution < 1.29 is 13.6 Å². The van der Waals surface area contributed by atoms with Gasteiger partial charge in [-0.25, -0.2) is 14.2 Å². The van der Waals surface area contributed by atoms with E-state index in [1.165, 1.54) is 12.1 Å². The maximum absolute atomic E-state index is 13.6. The Bertz CT molecular complexity index is 1160. The van der Waals surface area contributed by atoms with Crippen LogP contribution in [0.25, 0.3) is 22.7 Å². The molecule has 0 radical (unpaired) electrons. The third-order valence-electron chi connectivity index (χ3n) is 4.14. The molecule has 0 atom stereocenters. The van der Waals surface area contributed by atoms with E-state index in [0.717, 1.165) is 21.3 Å². The highest BCUT2D eigenvalue weighted by Crippen LogP contribution is 2.27. The Hall–Kier alpha value is -3.45. The first-order valence-corrected chi connectivity index (χ1v) is 9.52. The van der Waals surface area contributed by atoms with Gasteiger partial charge in [0.2, 0.25) is 5.89 Å². The molecule has 7 heteroatoms. The molecule has 1 aromatic heterocycles. The van der Waals surface area contributed by atoms with Gasteiger partial charge in [0.15, 0.2) is 0 Å². The van der Waals surface area contributed by atoms with E-state index in [1.807, 2.05) is 24.3 Å². The number of nitrogens with zero attached hydrogens (tertiary/aromatic N) is 1. The summed E-state index contributed by atoms with van der Waals surface area (Å²) in [5.74, 6) is -0.0227. The summed E-state index contributed by atoms with van der Waals surface area (Å²) in [5.41, 5.74) is 3.11. The lowest BCUT2D eigenvalue weighted by Crippen LogP contribution is -2.20. The number of amides is 2. The van der Waals surface area contributed by atoms with Crippen LogP contribution in [0.1, 0.15) is 0 Å². The number of carbonyl (C=O) groups excluding carboxylic acids is 1. The van der Waals surface area contributed by atoms with Crippen molar-refractivity contribution in [1.82, 2.24) is 4.98 Å². The number of rotatable bonds is 4. The van der Waals surface area contributed by atoms with Gasteiger partial charge >= 0.3 is 6.03 Å². The Balaban J connectivity index is 1.44. The van der Waals surface area contributed by atoms with Crippen molar-refractivity contribution >= 4 is 33.3 Å². The zero-order chi connectivity index (χ0) is 20.2. The Morgan fingerprint density at radius 2 is 1.72 bits per heavy atom. The van der Waals surface area contributed by atoms with E-state index in [4.69, 9.17) is 4.42 Å². The number of para-hydroxylation sites is 1. The number of halogens is 2. The minimum Gasteiger partial charge on any atom is -0.444 e. The predicted molar refractivity (Wildman–Crippen MR) is 114 cm³/mol. The van der Waals surface area contributed by atoms with Crippen molar-refractivity contribution in [2.45, 2.75) is 0 Å². The van der Waals surface area contributed by atoms with E-state index in [0.29, 0.717) is 11.6 Å². The number of carbonyl (C=O) groups is 1. The van der Waals surface area contributed by atoms with Crippen molar-refractivity contribution in [1.29, 1.82) is 0 Å². The second kappa shape index (κ2) is 8.28. The van der Waals surface area contributed by atoms with Crippen molar-refractivity contribution in [3.63, 3.8) is 0 Å². The fourth-order valence-electron chi connectivity index (χ4n) is 2.73. The van der Waals surface area contributed by atoms with Crippen LogP contribution in [0.5, 0.6) is 0 Å². The molecule has 0 saturated heterocycles. The average molecular weight is 452 g/mol. The predicted octanol–water partition coefficient (Wildman–Crippen LogP) is 6.55. The maximum Gasteiger partial charge on any atom is 0.323 e. The number of hydrogen-bond donors (Lipinski definition) is 2. The Morgan fingerprint density at radius 3 is 2.48 bits per heavy atom. The largest absolute Gasteiger partial charge is 0.444 e. The topological polar surface area (TPSA) is 67.2 Å². The van der Waals surface area contributed by atoms with Gasteiger partial charge in [-0.05, 0) is 48.5 Å². The highest BCUT2D eigenvalue weighted by Gasteiger charge is 2.10. The molecule has 0 spiro atoms. The highest BCUT2D eigenvalue weighted by atomic mass is 79.9. The zero-order valence-electron chi connectivity index (χ0n) is 15.0. The summed E-state index contributed by atoms with van der Waals surface area (Å²) in [4.78, 5) is 16.6. The summed E-state index contributed by atoms with van der Waals surface area (Å²) in [7, 11) is 0. The quantitative estimate of drug-likeness (QED) is 0.369. The number of aromatic nitrogens is 1. The van der Waals surface area contributed by atoms with E-state index in [1.54, 1.807) is 42.7 Å². The number of hydrogen-bond acceptors (Lipinski definition) is 3. The summed E-state index contributed by atoms with van der Waals surface area (Å²) in [6.45, 7) is 0. The molecule has 2 amide bonds. The number of urea groups is 1. The normalized spacial score (nSPS) is 10.6. The second-order valence-corrected chi connectivity index (χ2v) is 7.10. The first kappa shape index (κ1) is 18.9. The van der Waals surface area contributed by atoms with E-state index in [2.05, 4.69) is 31.5 Å². The van der Waals surface area contributed by atoms with Crippen LogP contribution in [0.4, 0.5) is 20.6 Å². The molecule has 2 N–H and O–H groups in total. The molecule has 3 aromatic carbocycles. The Morgan fingerprint density at radius 1 is 0.931 bits per heavy atom. The molecule has 0 unspecified atom stereocenters. The molecule has 5 nitrogen and oxygen atoms in total. The molecular weight excluding hydrogens is 437 g/mol. The van der Waals surface area contributed by atoms with Gasteiger partial charge in [-0.3, -0.25) is 0 Å². The van der Waals surface area contributed by atoms with Crippen LogP contribution in [0.3, 0.4) is 0 Å². The fraction of sp³-hybridized carbons (Fsp3) is 0. The SMILES string of the molecule is O=C(Nc1ccc(-c2nc(-c3cccc(Br)c3)co2)cc1)Nc1ccccc1F. The van der Waals surface area contributed by atoms with E-state index < -0.39 is 11.8 Å². The lowest BCUT2D eigenvalue weighted by atomic mass is 10.2. The lowest BCUT2D eigenvalue weighted by molar-refractivity contribution is 0.262. The van der Waals surface area contributed by atoms with Crippen LogP contribution in [-0.2, 0) is 0 Å². The molecule has 4 aromatic rings. The first-order chi connectivity index (χ1) is 14.1. The minimum atomic E-state index is -0.532. The van der Waals surface area contributed by atoms with Gasteiger partial charge in [0.05, 0.1) is 5.69 Å². The smallest absolute Gasteiger partial charge is 0.323 e. The van der Waals surface area contributed by atoms with Crippen molar-refractivity contribution in [3.05, 3.63) is 89.3 Å². The summed E-state index contributed by atoms with van der Waals surface area (Å²) >= 11 is 3.44. The van der Waals surface area contributed by atoms with Gasteiger partial charge < -0.3 is 15.1 Å². The second-order valence-electron chi connectivity index (χ2n) is 6.18. The molecule has 0 bridgehead atoms. The van der Waals surface area contributed by atoms with Gasteiger partial charge in [-0.15, -0.1) is 0 Å². The Kier molecular flexibility index (Phi) is 5.39. The van der Waals surface area contributed by atoms with Crippen LogP contribution in [-0.4, -0.2) is 11.0 Å².